The van der Waals surface area contributed by atoms with Crippen LogP contribution in [0.1, 0.15) is 12.8 Å². The number of piperazine rings is 1. The predicted octanol–water partition coefficient (Wildman–Crippen LogP) is 1.57. The average molecular weight is 223 g/mol. The van der Waals surface area contributed by atoms with Gasteiger partial charge in [0, 0.05) is 37.9 Å². The maximum absolute atomic E-state index is 5.87. The van der Waals surface area contributed by atoms with E-state index >= 15 is 0 Å². The highest BCUT2D eigenvalue weighted by molar-refractivity contribution is 6.18. The summed E-state index contributed by atoms with van der Waals surface area (Å²) in [4.78, 5) is 5.11. The standard InChI is InChI=1S/C9H16Cl2N2/c10-3-1-9(2-4-11)12-5-6-13(9)8-7-12/h1-8H2. The Morgan fingerprint density at radius 1 is 0.846 bits per heavy atom. The van der Waals surface area contributed by atoms with E-state index in [9.17, 15) is 0 Å². The van der Waals surface area contributed by atoms with Gasteiger partial charge in [-0.25, -0.2) is 0 Å². The van der Waals surface area contributed by atoms with Gasteiger partial charge in [0.05, 0.1) is 5.66 Å². The summed E-state index contributed by atoms with van der Waals surface area (Å²) < 4.78 is 0. The van der Waals surface area contributed by atoms with Gasteiger partial charge in [-0.15, -0.1) is 23.2 Å². The van der Waals surface area contributed by atoms with Crippen molar-refractivity contribution in [3.05, 3.63) is 0 Å². The van der Waals surface area contributed by atoms with Crippen LogP contribution in [0.15, 0.2) is 0 Å². The highest BCUT2D eigenvalue weighted by Crippen LogP contribution is 2.38. The molecular weight excluding hydrogens is 207 g/mol. The van der Waals surface area contributed by atoms with E-state index in [-0.39, 0.29) is 5.66 Å². The smallest absolute Gasteiger partial charge is 0.0762 e. The van der Waals surface area contributed by atoms with Crippen LogP contribution in [0.5, 0.6) is 0 Å². The SMILES string of the molecule is ClCCC1(CCCl)N2CCN1CC2. The maximum atomic E-state index is 5.87. The molecule has 0 radical (unpaired) electrons. The van der Waals surface area contributed by atoms with Gasteiger partial charge in [0.2, 0.25) is 0 Å². The van der Waals surface area contributed by atoms with Crippen LogP contribution < -0.4 is 0 Å². The van der Waals surface area contributed by atoms with Gasteiger partial charge in [-0.2, -0.15) is 0 Å². The molecule has 2 fully saturated rings. The van der Waals surface area contributed by atoms with Crippen molar-refractivity contribution in [2.45, 2.75) is 18.5 Å². The fraction of sp³-hybridized carbons (Fsp3) is 1.00. The van der Waals surface area contributed by atoms with E-state index in [2.05, 4.69) is 9.80 Å². The molecule has 0 aromatic carbocycles. The van der Waals surface area contributed by atoms with Crippen molar-refractivity contribution in [3.63, 3.8) is 0 Å². The third kappa shape index (κ3) is 1.48. The van der Waals surface area contributed by atoms with Crippen LogP contribution in [-0.2, 0) is 0 Å². The number of hydrogen-bond donors (Lipinski definition) is 0. The highest BCUT2D eigenvalue weighted by atomic mass is 35.5. The zero-order chi connectivity index (χ0) is 9.31. The Morgan fingerprint density at radius 2 is 1.23 bits per heavy atom. The molecule has 0 aromatic heterocycles. The van der Waals surface area contributed by atoms with Gasteiger partial charge in [0.25, 0.3) is 0 Å². The summed E-state index contributed by atoms with van der Waals surface area (Å²) in [6, 6.07) is 0. The third-order valence-electron chi connectivity index (χ3n) is 3.45. The van der Waals surface area contributed by atoms with Crippen molar-refractivity contribution >= 4 is 23.2 Å². The lowest BCUT2D eigenvalue weighted by molar-refractivity contribution is 0.0862. The van der Waals surface area contributed by atoms with Gasteiger partial charge in [0.15, 0.2) is 0 Å². The van der Waals surface area contributed by atoms with Crippen LogP contribution in [0.4, 0.5) is 0 Å². The van der Waals surface area contributed by atoms with Crippen LogP contribution in [0.3, 0.4) is 0 Å². The van der Waals surface area contributed by atoms with E-state index in [0.717, 1.165) is 24.6 Å². The molecule has 0 atom stereocenters. The van der Waals surface area contributed by atoms with Crippen molar-refractivity contribution < 1.29 is 0 Å². The average Bonchev–Trinajstić information content (AvgIpc) is 2.63. The number of alkyl halides is 2. The Labute approximate surface area is 89.8 Å². The van der Waals surface area contributed by atoms with E-state index < -0.39 is 0 Å². The topological polar surface area (TPSA) is 6.48 Å². The van der Waals surface area contributed by atoms with Gasteiger partial charge in [-0.05, 0) is 12.8 Å². The molecule has 0 amide bonds. The van der Waals surface area contributed by atoms with Crippen molar-refractivity contribution in [1.29, 1.82) is 0 Å². The first-order chi connectivity index (χ1) is 6.33. The van der Waals surface area contributed by atoms with Crippen LogP contribution in [0, 0.1) is 0 Å². The predicted molar refractivity (Wildman–Crippen MR) is 56.6 cm³/mol. The number of rotatable bonds is 4. The molecule has 0 N–H and O–H groups in total. The minimum atomic E-state index is 0.226. The molecular formula is C9H16Cl2N2. The Kier molecular flexibility index (Phi) is 3.04. The minimum absolute atomic E-state index is 0.226. The van der Waals surface area contributed by atoms with Crippen molar-refractivity contribution in [1.82, 2.24) is 9.80 Å². The number of hydrogen-bond acceptors (Lipinski definition) is 2. The zero-order valence-electron chi connectivity index (χ0n) is 7.81. The number of fused-ring (bicyclic) bond motifs is 2. The van der Waals surface area contributed by atoms with Gasteiger partial charge in [-0.1, -0.05) is 0 Å². The largest absolute Gasteiger partial charge is 0.283 e. The zero-order valence-corrected chi connectivity index (χ0v) is 9.32. The molecule has 0 aliphatic carbocycles. The Morgan fingerprint density at radius 3 is 1.54 bits per heavy atom. The molecule has 2 aliphatic rings. The summed E-state index contributed by atoms with van der Waals surface area (Å²) in [6.07, 6.45) is 2.11. The Bertz CT molecular complexity index is 158. The second-order valence-electron chi connectivity index (χ2n) is 3.83. The summed E-state index contributed by atoms with van der Waals surface area (Å²) in [6.45, 7) is 4.81. The van der Waals surface area contributed by atoms with Gasteiger partial charge < -0.3 is 0 Å². The fourth-order valence-corrected chi connectivity index (χ4v) is 3.40. The Balaban J connectivity index is 2.12. The van der Waals surface area contributed by atoms with Crippen molar-refractivity contribution in [3.8, 4) is 0 Å². The normalized spacial score (nSPS) is 35.5. The molecule has 0 saturated carbocycles. The summed E-state index contributed by atoms with van der Waals surface area (Å²) >= 11 is 11.7. The van der Waals surface area contributed by atoms with E-state index in [4.69, 9.17) is 23.2 Å². The first-order valence-corrected chi connectivity index (χ1v) is 6.02. The molecule has 2 bridgehead atoms. The van der Waals surface area contributed by atoms with Gasteiger partial charge >= 0.3 is 0 Å². The molecule has 2 heterocycles. The quantitative estimate of drug-likeness (QED) is 0.667. The highest BCUT2D eigenvalue weighted by Gasteiger charge is 2.49. The lowest BCUT2D eigenvalue weighted by Crippen LogP contribution is -2.46. The molecule has 0 aromatic rings. The van der Waals surface area contributed by atoms with Crippen molar-refractivity contribution in [2.24, 2.45) is 0 Å². The third-order valence-corrected chi connectivity index (χ3v) is 3.82. The van der Waals surface area contributed by atoms with E-state index in [1.54, 1.807) is 0 Å². The van der Waals surface area contributed by atoms with Gasteiger partial charge in [-0.3, -0.25) is 9.80 Å². The lowest BCUT2D eigenvalue weighted by atomic mass is 10.0. The minimum Gasteiger partial charge on any atom is -0.283 e. The van der Waals surface area contributed by atoms with Crippen LogP contribution in [0.2, 0.25) is 0 Å². The second-order valence-corrected chi connectivity index (χ2v) is 4.59. The summed E-state index contributed by atoms with van der Waals surface area (Å²) in [5.74, 6) is 1.48. The molecule has 13 heavy (non-hydrogen) atoms. The summed E-state index contributed by atoms with van der Waals surface area (Å²) in [7, 11) is 0. The maximum Gasteiger partial charge on any atom is 0.0762 e. The molecule has 2 saturated heterocycles. The van der Waals surface area contributed by atoms with Crippen LogP contribution in [0.25, 0.3) is 0 Å². The molecule has 2 aliphatic heterocycles. The molecule has 76 valence electrons. The molecule has 2 rings (SSSR count). The first kappa shape index (κ1) is 10.0. The number of halogens is 2. The molecule has 4 heteroatoms. The van der Waals surface area contributed by atoms with Crippen LogP contribution >= 0.6 is 23.2 Å². The van der Waals surface area contributed by atoms with E-state index in [1.165, 1.54) is 26.2 Å². The molecule has 2 nitrogen and oxygen atoms in total. The van der Waals surface area contributed by atoms with Crippen molar-refractivity contribution in [2.75, 3.05) is 37.9 Å². The summed E-state index contributed by atoms with van der Waals surface area (Å²) in [5, 5.41) is 0. The Hall–Kier alpha value is 0.500. The second kappa shape index (κ2) is 3.93. The van der Waals surface area contributed by atoms with Gasteiger partial charge in [0.1, 0.15) is 0 Å². The fourth-order valence-electron chi connectivity index (χ4n) is 2.80. The number of nitrogens with zero attached hydrogens (tertiary/aromatic N) is 2. The molecule has 0 unspecified atom stereocenters. The lowest BCUT2D eigenvalue weighted by Gasteiger charge is -2.36. The van der Waals surface area contributed by atoms with E-state index in [0.29, 0.717) is 0 Å². The molecule has 0 spiro atoms. The monoisotopic (exact) mass is 222 g/mol. The van der Waals surface area contributed by atoms with E-state index in [1.807, 2.05) is 0 Å². The van der Waals surface area contributed by atoms with Crippen LogP contribution in [-0.4, -0.2) is 53.4 Å². The summed E-state index contributed by atoms with van der Waals surface area (Å²) in [5.41, 5.74) is 0.226. The first-order valence-electron chi connectivity index (χ1n) is 4.95.